The molecule has 15 nitrogen and oxygen atoms in total. The number of allylic oxidation sites excluding steroid dienone is 1. The Morgan fingerprint density at radius 2 is 1.93 bits per heavy atom. The number of hydrogen-bond acceptors (Lipinski definition) is 12. The molecule has 3 N–H and O–H groups in total. The van der Waals surface area contributed by atoms with E-state index in [2.05, 4.69) is 26.3 Å². The molecule has 4 amide bonds. The minimum atomic E-state index is -3.93. The average molecular weight is 832 g/mol. The molecule has 0 bridgehead atoms. The molecule has 2 aliphatic heterocycles. The van der Waals surface area contributed by atoms with E-state index in [-0.39, 0.29) is 38.0 Å². The first-order valence-corrected chi connectivity index (χ1v) is 22.2. The fourth-order valence-electron chi connectivity index (χ4n) is 7.71. The molecule has 0 spiro atoms. The standard InChI is InChI=1S/C41H49N7O8S2/c1-5-6-17-30-32(55-36-33-27(20-22-57-33)43-34(45-36)28-15-12-13-21-42-28)23-31-35(49)46-41(38(51)47-58(53,54)26-18-19-26)24-25(41)14-10-8-7-9-11-16-29(37(50)48(30)31)44-39(52)56-40(2,3)4/h1,10,12-15,20-22,25-26,29-32H,6-9,11,16-19,23-24H2,2-4H3,(H,44,52)(H,46,49)(H,47,51)/b14-10-/t25?,29?,30-,31?,32+,41?/m0/s1. The fraction of sp³-hybridized carbons (Fsp3) is 0.537. The number of terminal acetylenes is 1. The van der Waals surface area contributed by atoms with Crippen LogP contribution in [0.25, 0.3) is 21.7 Å². The monoisotopic (exact) mass is 831 g/mol. The third-order valence-corrected chi connectivity index (χ3v) is 13.5. The predicted molar refractivity (Wildman–Crippen MR) is 217 cm³/mol. The van der Waals surface area contributed by atoms with Crippen LogP contribution in [0.4, 0.5) is 4.79 Å². The zero-order valence-electron chi connectivity index (χ0n) is 32.8. The van der Waals surface area contributed by atoms with Crippen molar-refractivity contribution < 1.29 is 37.1 Å². The average Bonchev–Trinajstić information content (AvgIpc) is 4.06. The Bertz CT molecular complexity index is 2230. The van der Waals surface area contributed by atoms with E-state index in [0.29, 0.717) is 47.4 Å². The number of sulfonamides is 1. The molecule has 2 aliphatic carbocycles. The normalized spacial score (nSPS) is 27.1. The molecule has 2 saturated carbocycles. The van der Waals surface area contributed by atoms with Crippen LogP contribution in [0.5, 0.6) is 5.88 Å². The summed E-state index contributed by atoms with van der Waals surface area (Å²) >= 11 is 1.38. The number of nitrogens with one attached hydrogen (secondary N) is 3. The quantitative estimate of drug-likeness (QED) is 0.198. The topological polar surface area (TPSA) is 199 Å². The third kappa shape index (κ3) is 9.13. The zero-order valence-corrected chi connectivity index (χ0v) is 34.4. The Hall–Kier alpha value is -5.08. The summed E-state index contributed by atoms with van der Waals surface area (Å²) in [6.07, 6.45) is 14.2. The lowest BCUT2D eigenvalue weighted by Gasteiger charge is -2.34. The molecule has 4 aliphatic rings. The number of alkyl carbamates (subject to hydrolysis) is 1. The molecule has 0 aromatic carbocycles. The molecule has 4 unspecified atom stereocenters. The molecule has 6 atom stereocenters. The molecule has 3 fully saturated rings. The van der Waals surface area contributed by atoms with Crippen LogP contribution < -0.4 is 20.1 Å². The van der Waals surface area contributed by atoms with Gasteiger partial charge < -0.3 is 25.0 Å². The predicted octanol–water partition coefficient (Wildman–Crippen LogP) is 4.78. The van der Waals surface area contributed by atoms with Crippen molar-refractivity contribution in [1.82, 2.24) is 35.2 Å². The number of nitrogens with zero attached hydrogens (tertiary/aromatic N) is 4. The second kappa shape index (κ2) is 16.6. The number of carbonyl (C=O) groups is 4. The maximum absolute atomic E-state index is 15.0. The number of fused-ring (bicyclic) bond motifs is 3. The van der Waals surface area contributed by atoms with Gasteiger partial charge in [-0.2, -0.15) is 4.98 Å². The minimum Gasteiger partial charge on any atom is -0.471 e. The highest BCUT2D eigenvalue weighted by atomic mass is 32.2. The number of hydrogen-bond donors (Lipinski definition) is 3. The van der Waals surface area contributed by atoms with E-state index < -0.39 is 80.4 Å². The Morgan fingerprint density at radius 1 is 1.12 bits per heavy atom. The van der Waals surface area contributed by atoms with Gasteiger partial charge in [0.2, 0.25) is 27.7 Å². The van der Waals surface area contributed by atoms with Gasteiger partial charge in [0, 0.05) is 25.0 Å². The lowest BCUT2D eigenvalue weighted by atomic mass is 10.0. The summed E-state index contributed by atoms with van der Waals surface area (Å²) in [5, 5.41) is 6.91. The van der Waals surface area contributed by atoms with E-state index in [4.69, 9.17) is 25.9 Å². The van der Waals surface area contributed by atoms with E-state index in [1.54, 1.807) is 39.1 Å². The van der Waals surface area contributed by atoms with E-state index in [9.17, 15) is 22.8 Å². The van der Waals surface area contributed by atoms with Crippen LogP contribution in [0, 0.1) is 18.3 Å². The van der Waals surface area contributed by atoms with Gasteiger partial charge in [-0.05, 0) is 89.3 Å². The molecular weight excluding hydrogens is 783 g/mol. The maximum atomic E-state index is 15.0. The summed E-state index contributed by atoms with van der Waals surface area (Å²) < 4.78 is 41.1. The van der Waals surface area contributed by atoms with Crippen LogP contribution >= 0.6 is 11.3 Å². The van der Waals surface area contributed by atoms with Crippen molar-refractivity contribution in [3.8, 4) is 29.7 Å². The first-order chi connectivity index (χ1) is 27.7. The molecular formula is C41H49N7O8S2. The van der Waals surface area contributed by atoms with Gasteiger partial charge in [-0.3, -0.25) is 24.1 Å². The van der Waals surface area contributed by atoms with Gasteiger partial charge in [0.25, 0.3) is 5.91 Å². The molecule has 0 radical (unpaired) electrons. The van der Waals surface area contributed by atoms with Gasteiger partial charge in [0.15, 0.2) is 5.82 Å². The van der Waals surface area contributed by atoms with Crippen LogP contribution in [0.15, 0.2) is 48.0 Å². The Balaban J connectivity index is 1.28. The van der Waals surface area contributed by atoms with E-state index in [1.165, 1.54) is 16.2 Å². The summed E-state index contributed by atoms with van der Waals surface area (Å²) in [6, 6.07) is 4.16. The van der Waals surface area contributed by atoms with Gasteiger partial charge in [-0.1, -0.05) is 31.1 Å². The minimum absolute atomic E-state index is 0.0274. The lowest BCUT2D eigenvalue weighted by molar-refractivity contribution is -0.143. The van der Waals surface area contributed by atoms with Crippen molar-refractivity contribution in [3.05, 3.63) is 48.0 Å². The SMILES string of the molecule is C#CCC[C@H]1[C@H](Oc2nc(-c3ccccn3)nc3ccsc23)CC2C(=O)NC3(C(=O)NS(=O)(=O)C4CC4)CC3/C=C\CCCCCC(NC(=O)OC(C)(C)C)C(=O)N21. The molecule has 5 heterocycles. The van der Waals surface area contributed by atoms with Crippen LogP contribution in [0.2, 0.25) is 0 Å². The highest BCUT2D eigenvalue weighted by molar-refractivity contribution is 7.91. The summed E-state index contributed by atoms with van der Waals surface area (Å²) in [4.78, 5) is 72.3. The van der Waals surface area contributed by atoms with Gasteiger partial charge in [0.1, 0.15) is 39.7 Å². The molecule has 3 aromatic rings. The van der Waals surface area contributed by atoms with Crippen LogP contribution in [-0.4, -0.2) is 92.7 Å². The van der Waals surface area contributed by atoms with E-state index >= 15 is 4.79 Å². The Morgan fingerprint density at radius 3 is 2.66 bits per heavy atom. The largest absolute Gasteiger partial charge is 0.471 e. The summed E-state index contributed by atoms with van der Waals surface area (Å²) in [7, 11) is -3.93. The maximum Gasteiger partial charge on any atom is 0.408 e. The van der Waals surface area contributed by atoms with Crippen molar-refractivity contribution in [1.29, 1.82) is 0 Å². The summed E-state index contributed by atoms with van der Waals surface area (Å²) in [5.41, 5.74) is -1.25. The molecule has 3 aromatic heterocycles. The fourth-order valence-corrected chi connectivity index (χ4v) is 9.83. The molecule has 7 rings (SSSR count). The molecule has 17 heteroatoms. The van der Waals surface area contributed by atoms with Crippen molar-refractivity contribution in [2.24, 2.45) is 5.92 Å². The third-order valence-electron chi connectivity index (χ3n) is 10.8. The van der Waals surface area contributed by atoms with Crippen molar-refractivity contribution >= 4 is 55.4 Å². The second-order valence-corrected chi connectivity index (χ2v) is 19.3. The molecule has 1 saturated heterocycles. The Kier molecular flexibility index (Phi) is 11.8. The number of ether oxygens (including phenoxy) is 2. The number of amides is 4. The van der Waals surface area contributed by atoms with Crippen LogP contribution in [-0.2, 0) is 29.1 Å². The van der Waals surface area contributed by atoms with E-state index in [1.807, 2.05) is 29.7 Å². The smallest absolute Gasteiger partial charge is 0.408 e. The number of carbonyl (C=O) groups excluding carboxylic acids is 4. The first-order valence-electron chi connectivity index (χ1n) is 19.8. The van der Waals surface area contributed by atoms with Gasteiger partial charge >= 0.3 is 6.09 Å². The highest BCUT2D eigenvalue weighted by Crippen LogP contribution is 2.46. The lowest BCUT2D eigenvalue weighted by Crippen LogP contribution is -2.60. The highest BCUT2D eigenvalue weighted by Gasteiger charge is 2.62. The summed E-state index contributed by atoms with van der Waals surface area (Å²) in [5.74, 6) is 0.742. The van der Waals surface area contributed by atoms with Gasteiger partial charge in [-0.15, -0.1) is 23.7 Å². The zero-order chi connectivity index (χ0) is 41.2. The number of thiophene rings is 1. The van der Waals surface area contributed by atoms with Crippen molar-refractivity contribution in [2.75, 3.05) is 0 Å². The number of pyridine rings is 1. The Labute approximate surface area is 342 Å². The number of rotatable bonds is 9. The second-order valence-electron chi connectivity index (χ2n) is 16.4. The van der Waals surface area contributed by atoms with Gasteiger partial charge in [-0.25, -0.2) is 18.2 Å². The summed E-state index contributed by atoms with van der Waals surface area (Å²) in [6.45, 7) is 5.17. The van der Waals surface area contributed by atoms with Crippen LogP contribution in [0.1, 0.15) is 91.4 Å². The van der Waals surface area contributed by atoms with E-state index in [0.717, 1.165) is 12.8 Å². The van der Waals surface area contributed by atoms with Crippen molar-refractivity contribution in [3.63, 3.8) is 0 Å². The van der Waals surface area contributed by atoms with Crippen LogP contribution in [0.3, 0.4) is 0 Å². The first kappa shape index (κ1) is 41.1. The molecule has 308 valence electrons. The number of aromatic nitrogens is 3. The van der Waals surface area contributed by atoms with Gasteiger partial charge in [0.05, 0.1) is 16.8 Å². The van der Waals surface area contributed by atoms with Crippen molar-refractivity contribution in [2.45, 2.75) is 132 Å². The molecule has 58 heavy (non-hydrogen) atoms.